The van der Waals surface area contributed by atoms with E-state index < -0.39 is 17.6 Å². The third-order valence-corrected chi connectivity index (χ3v) is 6.08. The van der Waals surface area contributed by atoms with Crippen molar-refractivity contribution in [1.29, 1.82) is 0 Å². The molecule has 2 aromatic rings. The highest BCUT2D eigenvalue weighted by molar-refractivity contribution is 7.15. The quantitative estimate of drug-likeness (QED) is 0.655. The van der Waals surface area contributed by atoms with Crippen LogP contribution in [-0.4, -0.2) is 23.5 Å². The van der Waals surface area contributed by atoms with Gasteiger partial charge in [-0.3, -0.25) is 4.79 Å². The van der Waals surface area contributed by atoms with E-state index in [9.17, 15) is 18.0 Å². The zero-order valence-corrected chi connectivity index (χ0v) is 16.8. The number of aryl methyl sites for hydroxylation is 1. The molecule has 1 aliphatic carbocycles. The Morgan fingerprint density at radius 3 is 2.61 bits per heavy atom. The van der Waals surface area contributed by atoms with Crippen molar-refractivity contribution in [2.45, 2.75) is 44.8 Å². The number of carbonyl (C=O) groups excluding carboxylic acids is 1. The number of amides is 1. The summed E-state index contributed by atoms with van der Waals surface area (Å²) in [5.74, 6) is -0.0783. The minimum atomic E-state index is -4.51. The van der Waals surface area contributed by atoms with Gasteiger partial charge in [-0.15, -0.1) is 11.3 Å². The van der Waals surface area contributed by atoms with Gasteiger partial charge in [-0.05, 0) is 56.7 Å². The Bertz CT molecular complexity index is 832. The van der Waals surface area contributed by atoms with Crippen LogP contribution in [0.4, 0.5) is 18.3 Å². The monoisotopic (exact) mass is 431 g/mol. The molecule has 0 unspecified atom stereocenters. The van der Waals surface area contributed by atoms with E-state index in [1.165, 1.54) is 0 Å². The van der Waals surface area contributed by atoms with E-state index in [4.69, 9.17) is 11.6 Å². The summed E-state index contributed by atoms with van der Waals surface area (Å²) >= 11 is 7.56. The SMILES string of the molecule is Cc1cnc(NCC2CCC(NC(=O)c3cc(C(F)(F)F)ccc3Cl)CC2)s1. The molecule has 1 saturated carbocycles. The van der Waals surface area contributed by atoms with Gasteiger partial charge in [-0.25, -0.2) is 4.98 Å². The van der Waals surface area contributed by atoms with Gasteiger partial charge in [0.25, 0.3) is 5.91 Å². The van der Waals surface area contributed by atoms with Crippen molar-refractivity contribution in [3.05, 3.63) is 45.4 Å². The summed E-state index contributed by atoms with van der Waals surface area (Å²) in [5.41, 5.74) is -1.02. The number of nitrogens with one attached hydrogen (secondary N) is 2. The molecule has 4 nitrogen and oxygen atoms in total. The van der Waals surface area contributed by atoms with Gasteiger partial charge in [0.15, 0.2) is 5.13 Å². The van der Waals surface area contributed by atoms with Gasteiger partial charge >= 0.3 is 6.18 Å². The van der Waals surface area contributed by atoms with Crippen molar-refractivity contribution >= 4 is 34.0 Å². The molecule has 0 aliphatic heterocycles. The van der Waals surface area contributed by atoms with Crippen LogP contribution in [0.3, 0.4) is 0 Å². The lowest BCUT2D eigenvalue weighted by atomic mass is 9.86. The van der Waals surface area contributed by atoms with Crippen LogP contribution in [0.2, 0.25) is 5.02 Å². The Morgan fingerprint density at radius 2 is 2.00 bits per heavy atom. The zero-order chi connectivity index (χ0) is 20.3. The first kappa shape index (κ1) is 20.9. The third-order valence-electron chi connectivity index (χ3n) is 4.88. The Morgan fingerprint density at radius 1 is 1.29 bits per heavy atom. The van der Waals surface area contributed by atoms with Gasteiger partial charge in [0.05, 0.1) is 16.1 Å². The normalized spacial score (nSPS) is 20.0. The minimum absolute atomic E-state index is 0.0159. The molecule has 152 valence electrons. The number of nitrogens with zero attached hydrogens (tertiary/aromatic N) is 1. The molecule has 1 aromatic carbocycles. The highest BCUT2D eigenvalue weighted by atomic mass is 35.5. The number of aromatic nitrogens is 1. The van der Waals surface area contributed by atoms with Gasteiger partial charge in [-0.2, -0.15) is 13.2 Å². The number of carbonyl (C=O) groups is 1. The minimum Gasteiger partial charge on any atom is -0.361 e. The van der Waals surface area contributed by atoms with Crippen molar-refractivity contribution in [2.75, 3.05) is 11.9 Å². The van der Waals surface area contributed by atoms with Crippen LogP contribution in [0.1, 0.15) is 46.5 Å². The average Bonchev–Trinajstić information content (AvgIpc) is 3.06. The molecule has 1 fully saturated rings. The maximum Gasteiger partial charge on any atom is 0.416 e. The Balaban J connectivity index is 1.51. The first-order valence-electron chi connectivity index (χ1n) is 9.06. The van der Waals surface area contributed by atoms with E-state index in [0.717, 1.165) is 60.4 Å². The topological polar surface area (TPSA) is 54.0 Å². The first-order chi connectivity index (χ1) is 13.2. The van der Waals surface area contributed by atoms with Crippen LogP contribution in [-0.2, 0) is 6.18 Å². The lowest BCUT2D eigenvalue weighted by Gasteiger charge is -2.29. The smallest absolute Gasteiger partial charge is 0.361 e. The summed E-state index contributed by atoms with van der Waals surface area (Å²) in [5, 5.41) is 7.10. The zero-order valence-electron chi connectivity index (χ0n) is 15.3. The number of rotatable bonds is 5. The summed E-state index contributed by atoms with van der Waals surface area (Å²) in [7, 11) is 0. The summed E-state index contributed by atoms with van der Waals surface area (Å²) in [4.78, 5) is 17.9. The second-order valence-electron chi connectivity index (χ2n) is 7.04. The van der Waals surface area contributed by atoms with E-state index in [2.05, 4.69) is 15.6 Å². The number of alkyl halides is 3. The van der Waals surface area contributed by atoms with Crippen molar-refractivity contribution in [3.8, 4) is 0 Å². The molecule has 1 amide bonds. The van der Waals surface area contributed by atoms with E-state index >= 15 is 0 Å². The van der Waals surface area contributed by atoms with Crippen molar-refractivity contribution in [1.82, 2.24) is 10.3 Å². The Hall–Kier alpha value is -1.80. The molecule has 2 N–H and O–H groups in total. The lowest BCUT2D eigenvalue weighted by Crippen LogP contribution is -2.38. The second kappa shape index (κ2) is 8.69. The van der Waals surface area contributed by atoms with Crippen molar-refractivity contribution < 1.29 is 18.0 Å². The molecule has 0 saturated heterocycles. The van der Waals surface area contributed by atoms with Crippen LogP contribution in [0.5, 0.6) is 0 Å². The molecule has 1 aliphatic rings. The van der Waals surface area contributed by atoms with E-state index in [0.29, 0.717) is 5.92 Å². The van der Waals surface area contributed by atoms with Crippen LogP contribution < -0.4 is 10.6 Å². The molecule has 1 heterocycles. The average molecular weight is 432 g/mol. The molecule has 28 heavy (non-hydrogen) atoms. The fourth-order valence-electron chi connectivity index (χ4n) is 3.32. The van der Waals surface area contributed by atoms with Gasteiger partial charge in [0, 0.05) is 23.7 Å². The first-order valence-corrected chi connectivity index (χ1v) is 10.3. The fraction of sp³-hybridized carbons (Fsp3) is 0.474. The molecule has 0 atom stereocenters. The van der Waals surface area contributed by atoms with E-state index in [1.807, 2.05) is 13.1 Å². The fourth-order valence-corrected chi connectivity index (χ4v) is 4.19. The maximum atomic E-state index is 12.9. The summed E-state index contributed by atoms with van der Waals surface area (Å²) < 4.78 is 38.6. The van der Waals surface area contributed by atoms with Crippen LogP contribution >= 0.6 is 22.9 Å². The molecular weight excluding hydrogens is 411 g/mol. The van der Waals surface area contributed by atoms with Crippen LogP contribution in [0.25, 0.3) is 0 Å². The highest BCUT2D eigenvalue weighted by Crippen LogP contribution is 2.32. The van der Waals surface area contributed by atoms with Gasteiger partial charge < -0.3 is 10.6 Å². The predicted octanol–water partition coefficient (Wildman–Crippen LogP) is 5.52. The van der Waals surface area contributed by atoms with E-state index in [-0.39, 0.29) is 16.6 Å². The number of thiazole rings is 1. The van der Waals surface area contributed by atoms with E-state index in [1.54, 1.807) is 11.3 Å². The number of hydrogen-bond donors (Lipinski definition) is 2. The highest BCUT2D eigenvalue weighted by Gasteiger charge is 2.32. The van der Waals surface area contributed by atoms with Gasteiger partial charge in [0.1, 0.15) is 0 Å². The maximum absolute atomic E-state index is 12.9. The summed E-state index contributed by atoms with van der Waals surface area (Å²) in [6.45, 7) is 2.83. The Kier molecular flexibility index (Phi) is 6.50. The molecule has 0 radical (unpaired) electrons. The summed E-state index contributed by atoms with van der Waals surface area (Å²) in [6, 6.07) is 2.74. The Labute approximate surface area is 170 Å². The second-order valence-corrected chi connectivity index (χ2v) is 8.68. The molecule has 9 heteroatoms. The standard InChI is InChI=1S/C19H21ClF3N3OS/c1-11-9-24-18(28-11)25-10-12-2-5-14(6-3-12)26-17(27)15-8-13(19(21,22)23)4-7-16(15)20/h4,7-9,12,14H,2-3,5-6,10H2,1H3,(H,24,25)(H,26,27). The predicted molar refractivity (Wildman–Crippen MR) is 105 cm³/mol. The van der Waals surface area contributed by atoms with Crippen LogP contribution in [0, 0.1) is 12.8 Å². The van der Waals surface area contributed by atoms with Crippen molar-refractivity contribution in [3.63, 3.8) is 0 Å². The molecular formula is C19H21ClF3N3OS. The molecule has 3 rings (SSSR count). The van der Waals surface area contributed by atoms with Gasteiger partial charge in [0.2, 0.25) is 0 Å². The molecule has 1 aromatic heterocycles. The molecule has 0 bridgehead atoms. The molecule has 0 spiro atoms. The number of hydrogen-bond acceptors (Lipinski definition) is 4. The third kappa shape index (κ3) is 5.38. The van der Waals surface area contributed by atoms with Crippen molar-refractivity contribution in [2.24, 2.45) is 5.92 Å². The lowest BCUT2D eigenvalue weighted by molar-refractivity contribution is -0.137. The number of benzene rings is 1. The van der Waals surface area contributed by atoms with Crippen LogP contribution in [0.15, 0.2) is 24.4 Å². The number of halogens is 4. The summed E-state index contributed by atoms with van der Waals surface area (Å²) in [6.07, 6.45) is 0.743. The number of anilines is 1. The largest absolute Gasteiger partial charge is 0.416 e. The van der Waals surface area contributed by atoms with Gasteiger partial charge in [-0.1, -0.05) is 11.6 Å².